The van der Waals surface area contributed by atoms with Gasteiger partial charge in [0.2, 0.25) is 12.7 Å². The lowest BCUT2D eigenvalue weighted by Gasteiger charge is -2.12. The minimum atomic E-state index is -0.993. The molecule has 3 amide bonds. The van der Waals surface area contributed by atoms with Gasteiger partial charge in [-0.25, -0.2) is 8.78 Å². The molecule has 0 spiro atoms. The summed E-state index contributed by atoms with van der Waals surface area (Å²) in [5.74, 6) is -2.14. The second-order valence-electron chi connectivity index (χ2n) is 7.59. The summed E-state index contributed by atoms with van der Waals surface area (Å²) in [5.41, 5.74) is 1.06. The highest BCUT2D eigenvalue weighted by molar-refractivity contribution is 6.03. The van der Waals surface area contributed by atoms with Gasteiger partial charge in [-0.3, -0.25) is 14.4 Å². The molecule has 0 radical (unpaired) electrons. The monoisotopic (exact) mass is 481 g/mol. The van der Waals surface area contributed by atoms with Gasteiger partial charge in [0.1, 0.15) is 11.6 Å². The summed E-state index contributed by atoms with van der Waals surface area (Å²) in [6.45, 7) is 0.314. The van der Waals surface area contributed by atoms with Crippen molar-refractivity contribution in [2.45, 2.75) is 13.0 Å². The first-order valence-corrected chi connectivity index (χ1v) is 10.7. The highest BCUT2D eigenvalue weighted by atomic mass is 19.1. The van der Waals surface area contributed by atoms with Crippen LogP contribution in [0.3, 0.4) is 0 Å². The van der Waals surface area contributed by atoms with Crippen LogP contribution in [-0.4, -0.2) is 31.1 Å². The number of amides is 3. The van der Waals surface area contributed by atoms with Gasteiger partial charge >= 0.3 is 0 Å². The lowest BCUT2D eigenvalue weighted by molar-refractivity contribution is -0.116. The maximum absolute atomic E-state index is 13.7. The Morgan fingerprint density at radius 1 is 0.829 bits per heavy atom. The minimum Gasteiger partial charge on any atom is -0.454 e. The second-order valence-corrected chi connectivity index (χ2v) is 7.59. The molecule has 3 aromatic rings. The molecule has 0 unspecified atom stereocenters. The number of carbonyl (C=O) groups is 3. The smallest absolute Gasteiger partial charge is 0.254 e. The van der Waals surface area contributed by atoms with Crippen molar-refractivity contribution < 1.29 is 32.6 Å². The fourth-order valence-electron chi connectivity index (χ4n) is 3.39. The van der Waals surface area contributed by atoms with Crippen molar-refractivity contribution >= 4 is 23.4 Å². The number of hydrogen-bond donors (Lipinski definition) is 3. The van der Waals surface area contributed by atoms with Crippen LogP contribution in [0.2, 0.25) is 0 Å². The molecular formula is C25H21F2N3O5. The second kappa shape index (κ2) is 10.6. The van der Waals surface area contributed by atoms with Crippen molar-refractivity contribution in [2.24, 2.45) is 0 Å². The van der Waals surface area contributed by atoms with Gasteiger partial charge in [0.05, 0.1) is 16.8 Å². The van der Waals surface area contributed by atoms with Gasteiger partial charge in [-0.2, -0.15) is 0 Å². The molecule has 1 aliphatic heterocycles. The first-order valence-electron chi connectivity index (χ1n) is 10.7. The molecule has 0 bridgehead atoms. The number of fused-ring (bicyclic) bond motifs is 1. The lowest BCUT2D eigenvalue weighted by Crippen LogP contribution is -2.29. The number of rotatable bonds is 8. The summed E-state index contributed by atoms with van der Waals surface area (Å²) in [5, 5.41) is 7.85. The first kappa shape index (κ1) is 23.7. The van der Waals surface area contributed by atoms with E-state index in [0.29, 0.717) is 23.3 Å². The van der Waals surface area contributed by atoms with E-state index < -0.39 is 29.4 Å². The number of halogens is 2. The van der Waals surface area contributed by atoms with Crippen LogP contribution < -0.4 is 25.4 Å². The fourth-order valence-corrected chi connectivity index (χ4v) is 3.39. The maximum Gasteiger partial charge on any atom is 0.254 e. The van der Waals surface area contributed by atoms with Crippen LogP contribution >= 0.6 is 0 Å². The van der Waals surface area contributed by atoms with Gasteiger partial charge in [0.15, 0.2) is 11.5 Å². The summed E-state index contributed by atoms with van der Waals surface area (Å²) in [4.78, 5) is 37.1. The number of para-hydroxylation sites is 1. The summed E-state index contributed by atoms with van der Waals surface area (Å²) >= 11 is 0. The Morgan fingerprint density at radius 3 is 2.43 bits per heavy atom. The molecular weight excluding hydrogens is 460 g/mol. The Morgan fingerprint density at radius 2 is 1.60 bits per heavy atom. The average Bonchev–Trinajstić information content (AvgIpc) is 3.31. The van der Waals surface area contributed by atoms with Crippen molar-refractivity contribution in [1.29, 1.82) is 0 Å². The number of nitrogens with one attached hydrogen (secondary N) is 3. The van der Waals surface area contributed by atoms with Gasteiger partial charge in [-0.15, -0.1) is 0 Å². The molecule has 4 rings (SSSR count). The van der Waals surface area contributed by atoms with Crippen LogP contribution in [-0.2, 0) is 11.3 Å². The van der Waals surface area contributed by atoms with Gasteiger partial charge in [0, 0.05) is 25.6 Å². The molecule has 0 atom stereocenters. The van der Waals surface area contributed by atoms with Crippen molar-refractivity contribution in [3.8, 4) is 11.5 Å². The molecule has 10 heteroatoms. The Kier molecular flexibility index (Phi) is 7.20. The summed E-state index contributed by atoms with van der Waals surface area (Å²) in [6, 6.07) is 14.5. The fraction of sp³-hybridized carbons (Fsp3) is 0.160. The van der Waals surface area contributed by atoms with Crippen molar-refractivity contribution in [1.82, 2.24) is 10.6 Å². The third-order valence-electron chi connectivity index (χ3n) is 5.15. The largest absolute Gasteiger partial charge is 0.454 e. The van der Waals surface area contributed by atoms with Crippen LogP contribution in [0.25, 0.3) is 0 Å². The number of ether oxygens (including phenoxy) is 2. The van der Waals surface area contributed by atoms with Crippen LogP contribution in [0.4, 0.5) is 14.5 Å². The van der Waals surface area contributed by atoms with Crippen LogP contribution in [0, 0.1) is 11.6 Å². The number of carbonyl (C=O) groups excluding carboxylic acids is 3. The van der Waals surface area contributed by atoms with Gasteiger partial charge in [-0.1, -0.05) is 18.2 Å². The number of hydrogen-bond acceptors (Lipinski definition) is 5. The molecule has 1 heterocycles. The Balaban J connectivity index is 1.29. The Hall–Kier alpha value is -4.47. The maximum atomic E-state index is 13.7. The van der Waals surface area contributed by atoms with E-state index in [-0.39, 0.29) is 37.4 Å². The van der Waals surface area contributed by atoms with Crippen LogP contribution in [0.15, 0.2) is 60.7 Å². The van der Waals surface area contributed by atoms with Crippen molar-refractivity contribution in [2.75, 3.05) is 18.7 Å². The molecule has 0 aliphatic carbocycles. The normalized spacial score (nSPS) is 11.6. The van der Waals surface area contributed by atoms with E-state index in [1.807, 2.05) is 6.07 Å². The zero-order valence-electron chi connectivity index (χ0n) is 18.4. The van der Waals surface area contributed by atoms with E-state index in [4.69, 9.17) is 9.47 Å². The predicted molar refractivity (Wildman–Crippen MR) is 122 cm³/mol. The molecule has 3 N–H and O–H groups in total. The lowest BCUT2D eigenvalue weighted by atomic mass is 10.1. The minimum absolute atomic E-state index is 0.0834. The molecule has 35 heavy (non-hydrogen) atoms. The molecule has 0 fully saturated rings. The topological polar surface area (TPSA) is 106 Å². The quantitative estimate of drug-likeness (QED) is 0.458. The molecule has 8 nitrogen and oxygen atoms in total. The van der Waals surface area contributed by atoms with E-state index in [1.54, 1.807) is 36.4 Å². The summed E-state index contributed by atoms with van der Waals surface area (Å²) < 4.78 is 37.3. The highest BCUT2D eigenvalue weighted by Crippen LogP contribution is 2.32. The van der Waals surface area contributed by atoms with Crippen LogP contribution in [0.1, 0.15) is 32.7 Å². The van der Waals surface area contributed by atoms with Gasteiger partial charge in [-0.05, 0) is 42.0 Å². The molecule has 0 aromatic heterocycles. The Bertz CT molecular complexity index is 1280. The van der Waals surface area contributed by atoms with E-state index >= 15 is 0 Å². The van der Waals surface area contributed by atoms with Gasteiger partial charge < -0.3 is 25.4 Å². The summed E-state index contributed by atoms with van der Waals surface area (Å²) in [6.07, 6.45) is -0.123. The van der Waals surface area contributed by atoms with Gasteiger partial charge in [0.25, 0.3) is 11.8 Å². The third-order valence-corrected chi connectivity index (χ3v) is 5.15. The zero-order valence-corrected chi connectivity index (χ0v) is 18.4. The van der Waals surface area contributed by atoms with E-state index in [1.165, 1.54) is 0 Å². The standard InChI is InChI=1S/C25H21F2N3O5/c26-16-6-7-17(19(27)12-16)24(32)28-10-9-23(31)30-20-4-2-1-3-18(20)25(33)29-13-15-5-8-21-22(11-15)35-14-34-21/h1-8,11-12H,9-10,13-14H2,(H,28,32)(H,29,33)(H,30,31). The van der Waals surface area contributed by atoms with E-state index in [0.717, 1.165) is 17.7 Å². The third kappa shape index (κ3) is 5.91. The molecule has 0 saturated heterocycles. The molecule has 0 saturated carbocycles. The summed E-state index contributed by atoms with van der Waals surface area (Å²) in [7, 11) is 0. The number of anilines is 1. The van der Waals surface area contributed by atoms with E-state index in [9.17, 15) is 23.2 Å². The SMILES string of the molecule is O=C(CCNC(=O)c1ccc(F)cc1F)Nc1ccccc1C(=O)NCc1ccc2c(c1)OCO2. The van der Waals surface area contributed by atoms with Crippen molar-refractivity contribution in [3.63, 3.8) is 0 Å². The first-order chi connectivity index (χ1) is 16.9. The molecule has 1 aliphatic rings. The molecule has 3 aromatic carbocycles. The molecule has 180 valence electrons. The average molecular weight is 481 g/mol. The predicted octanol–water partition coefficient (Wildman–Crippen LogP) is 3.38. The highest BCUT2D eigenvalue weighted by Gasteiger charge is 2.16. The van der Waals surface area contributed by atoms with Crippen LogP contribution in [0.5, 0.6) is 11.5 Å². The van der Waals surface area contributed by atoms with Crippen molar-refractivity contribution in [3.05, 3.63) is 89.0 Å². The number of benzene rings is 3. The Labute approximate surface area is 199 Å². The van der Waals surface area contributed by atoms with E-state index in [2.05, 4.69) is 16.0 Å². The zero-order chi connectivity index (χ0) is 24.8.